The summed E-state index contributed by atoms with van der Waals surface area (Å²) in [6, 6.07) is 10.5. The van der Waals surface area contributed by atoms with E-state index in [4.69, 9.17) is 46.4 Å². The van der Waals surface area contributed by atoms with Crippen LogP contribution in [0.4, 0.5) is 13.2 Å². The molecule has 2 heterocycles. The van der Waals surface area contributed by atoms with Gasteiger partial charge in [-0.25, -0.2) is 0 Å². The average molecular weight is 560 g/mol. The average Bonchev–Trinajstić information content (AvgIpc) is 3.04. The van der Waals surface area contributed by atoms with E-state index in [1.807, 2.05) is 0 Å². The SMILES string of the molecule is O=C1c2ccccc2C(=O)N1Cc1nccc(/C(=C/CC(F)(F)F)c2cc(Cl)c(Cl)c(Cl)c2)c1Cl. The topological polar surface area (TPSA) is 50.3 Å². The van der Waals surface area contributed by atoms with Crippen molar-refractivity contribution in [3.63, 3.8) is 0 Å². The summed E-state index contributed by atoms with van der Waals surface area (Å²) in [6.07, 6.45) is -3.47. The van der Waals surface area contributed by atoms with E-state index in [1.165, 1.54) is 36.5 Å². The predicted octanol–water partition coefficient (Wildman–Crippen LogP) is 7.88. The number of imide groups is 1. The lowest BCUT2D eigenvalue weighted by molar-refractivity contribution is -0.124. The van der Waals surface area contributed by atoms with Gasteiger partial charge in [-0.1, -0.05) is 64.6 Å². The Morgan fingerprint density at radius 1 is 0.914 bits per heavy atom. The number of hydrogen-bond acceptors (Lipinski definition) is 3. The second-order valence-electron chi connectivity index (χ2n) is 7.55. The van der Waals surface area contributed by atoms with Crippen molar-refractivity contribution in [2.75, 3.05) is 0 Å². The van der Waals surface area contributed by atoms with Gasteiger partial charge < -0.3 is 0 Å². The Balaban J connectivity index is 1.77. The maximum atomic E-state index is 13.1. The molecule has 0 fully saturated rings. The molecule has 4 rings (SSSR count). The van der Waals surface area contributed by atoms with Crippen molar-refractivity contribution in [2.45, 2.75) is 19.1 Å². The zero-order chi connectivity index (χ0) is 25.5. The minimum atomic E-state index is -4.49. The number of aromatic nitrogens is 1. The summed E-state index contributed by atoms with van der Waals surface area (Å²) >= 11 is 24.8. The summed E-state index contributed by atoms with van der Waals surface area (Å²) < 4.78 is 39.3. The van der Waals surface area contributed by atoms with E-state index in [9.17, 15) is 22.8 Å². The lowest BCUT2D eigenvalue weighted by Gasteiger charge is -2.18. The van der Waals surface area contributed by atoms with Gasteiger partial charge in [0, 0.05) is 11.8 Å². The van der Waals surface area contributed by atoms with E-state index in [2.05, 4.69) is 4.98 Å². The number of fused-ring (bicyclic) bond motifs is 1. The molecule has 0 saturated heterocycles. The van der Waals surface area contributed by atoms with Gasteiger partial charge in [0.15, 0.2) is 0 Å². The van der Waals surface area contributed by atoms with Gasteiger partial charge >= 0.3 is 6.18 Å². The van der Waals surface area contributed by atoms with Crippen LogP contribution < -0.4 is 0 Å². The third-order valence-electron chi connectivity index (χ3n) is 5.27. The Kier molecular flexibility index (Phi) is 7.16. The Hall–Kier alpha value is -2.58. The molecule has 0 saturated carbocycles. The smallest absolute Gasteiger partial charge is 0.269 e. The molecule has 3 aromatic rings. The van der Waals surface area contributed by atoms with Gasteiger partial charge in [0.2, 0.25) is 0 Å². The summed E-state index contributed by atoms with van der Waals surface area (Å²) in [7, 11) is 0. The van der Waals surface area contributed by atoms with Crippen LogP contribution in [0, 0.1) is 0 Å². The van der Waals surface area contributed by atoms with Crippen LogP contribution in [-0.2, 0) is 6.54 Å². The van der Waals surface area contributed by atoms with Crippen LogP contribution in [0.2, 0.25) is 20.1 Å². The quantitative estimate of drug-likeness (QED) is 0.236. The van der Waals surface area contributed by atoms with Crippen molar-refractivity contribution in [1.82, 2.24) is 9.88 Å². The summed E-state index contributed by atoms with van der Waals surface area (Å²) in [5.74, 6) is -1.03. The standard InChI is InChI=1S/C24H13Cl4F3N2O2/c25-17-9-12(10-18(26)21(17)28)13(5-7-24(29,30)31)14-6-8-32-19(20(14)27)11-33-22(34)15-3-1-2-4-16(15)23(33)35/h1-6,8-10H,7,11H2/b13-5+. The van der Waals surface area contributed by atoms with Crippen molar-refractivity contribution in [2.24, 2.45) is 0 Å². The van der Waals surface area contributed by atoms with Gasteiger partial charge in [-0.2, -0.15) is 13.2 Å². The molecule has 0 unspecified atom stereocenters. The Morgan fingerprint density at radius 2 is 1.49 bits per heavy atom. The number of benzene rings is 2. The van der Waals surface area contributed by atoms with Crippen LogP contribution in [0.5, 0.6) is 0 Å². The maximum absolute atomic E-state index is 13.1. The molecule has 11 heteroatoms. The number of pyridine rings is 1. The maximum Gasteiger partial charge on any atom is 0.392 e. The fourth-order valence-electron chi connectivity index (χ4n) is 3.65. The van der Waals surface area contributed by atoms with Gasteiger partial charge in [-0.3, -0.25) is 19.5 Å². The Bertz CT molecular complexity index is 1330. The molecule has 0 bridgehead atoms. The molecule has 0 spiro atoms. The van der Waals surface area contributed by atoms with Crippen molar-refractivity contribution in [1.29, 1.82) is 0 Å². The van der Waals surface area contributed by atoms with E-state index in [0.29, 0.717) is 0 Å². The highest BCUT2D eigenvalue weighted by Crippen LogP contribution is 2.39. The van der Waals surface area contributed by atoms with E-state index < -0.39 is 24.4 Å². The highest BCUT2D eigenvalue weighted by molar-refractivity contribution is 6.48. The molecule has 2 amide bonds. The number of amides is 2. The molecule has 1 aliphatic heterocycles. The van der Waals surface area contributed by atoms with Crippen LogP contribution in [0.25, 0.3) is 5.57 Å². The second kappa shape index (κ2) is 9.82. The van der Waals surface area contributed by atoms with E-state index in [-0.39, 0.29) is 60.2 Å². The van der Waals surface area contributed by atoms with Crippen LogP contribution in [0.3, 0.4) is 0 Å². The van der Waals surface area contributed by atoms with Gasteiger partial charge in [0.05, 0.1) is 49.9 Å². The van der Waals surface area contributed by atoms with Crippen LogP contribution in [0.15, 0.2) is 54.7 Å². The van der Waals surface area contributed by atoms with Crippen molar-refractivity contribution in [3.8, 4) is 0 Å². The van der Waals surface area contributed by atoms with E-state index in [1.54, 1.807) is 12.1 Å². The normalized spacial score (nSPS) is 14.0. The monoisotopic (exact) mass is 558 g/mol. The fourth-order valence-corrected chi connectivity index (χ4v) is 4.52. The number of halogens is 7. The molecule has 4 nitrogen and oxygen atoms in total. The Morgan fingerprint density at radius 3 is 2.03 bits per heavy atom. The summed E-state index contributed by atoms with van der Waals surface area (Å²) in [5.41, 5.74) is 1.14. The first-order valence-electron chi connectivity index (χ1n) is 9.98. The van der Waals surface area contributed by atoms with Crippen molar-refractivity contribution >= 4 is 63.8 Å². The van der Waals surface area contributed by atoms with Crippen LogP contribution in [-0.4, -0.2) is 27.9 Å². The zero-order valence-corrected chi connectivity index (χ0v) is 20.5. The number of nitrogens with zero attached hydrogens (tertiary/aromatic N) is 2. The first-order chi connectivity index (χ1) is 16.5. The van der Waals surface area contributed by atoms with Crippen molar-refractivity contribution < 1.29 is 22.8 Å². The van der Waals surface area contributed by atoms with Gasteiger partial charge in [0.1, 0.15) is 0 Å². The summed E-state index contributed by atoms with van der Waals surface area (Å²) in [5, 5.41) is 0.117. The molecule has 1 aliphatic rings. The highest BCUT2D eigenvalue weighted by atomic mass is 35.5. The predicted molar refractivity (Wildman–Crippen MR) is 129 cm³/mol. The number of alkyl halides is 3. The third kappa shape index (κ3) is 5.19. The molecule has 0 aliphatic carbocycles. The highest BCUT2D eigenvalue weighted by Gasteiger charge is 2.36. The summed E-state index contributed by atoms with van der Waals surface area (Å²) in [6.45, 7) is -0.270. The van der Waals surface area contributed by atoms with Gasteiger partial charge in [-0.05, 0) is 41.5 Å². The van der Waals surface area contributed by atoms with Crippen LogP contribution >= 0.6 is 46.4 Å². The number of carbonyl (C=O) groups excluding carboxylic acids is 2. The second-order valence-corrected chi connectivity index (χ2v) is 9.12. The molecule has 35 heavy (non-hydrogen) atoms. The molecular formula is C24H13Cl4F3N2O2. The van der Waals surface area contributed by atoms with E-state index in [0.717, 1.165) is 11.0 Å². The lowest BCUT2D eigenvalue weighted by Crippen LogP contribution is -2.29. The Labute approximate surface area is 217 Å². The fraction of sp³-hybridized carbons (Fsp3) is 0.125. The molecule has 0 radical (unpaired) electrons. The largest absolute Gasteiger partial charge is 0.392 e. The minimum absolute atomic E-state index is 0.0281. The molecule has 0 atom stereocenters. The van der Waals surface area contributed by atoms with Crippen LogP contribution in [0.1, 0.15) is 44.0 Å². The molecule has 180 valence electrons. The van der Waals surface area contributed by atoms with Gasteiger partial charge in [0.25, 0.3) is 11.8 Å². The number of allylic oxidation sites excluding steroid dienone is 1. The molecule has 0 N–H and O–H groups in total. The lowest BCUT2D eigenvalue weighted by atomic mass is 9.96. The van der Waals surface area contributed by atoms with Gasteiger partial charge in [-0.15, -0.1) is 0 Å². The number of rotatable bonds is 5. The van der Waals surface area contributed by atoms with Crippen molar-refractivity contribution in [3.05, 3.63) is 103 Å². The first kappa shape index (κ1) is 25.5. The third-order valence-corrected chi connectivity index (χ3v) is 6.89. The zero-order valence-electron chi connectivity index (χ0n) is 17.5. The number of carbonyl (C=O) groups is 2. The number of hydrogen-bond donors (Lipinski definition) is 0. The molecular weight excluding hydrogens is 547 g/mol. The van der Waals surface area contributed by atoms with E-state index >= 15 is 0 Å². The minimum Gasteiger partial charge on any atom is -0.269 e. The molecule has 1 aromatic heterocycles. The summed E-state index contributed by atoms with van der Waals surface area (Å²) in [4.78, 5) is 30.6. The first-order valence-corrected chi connectivity index (χ1v) is 11.5. The molecule has 2 aromatic carbocycles.